The van der Waals surface area contributed by atoms with E-state index in [0.717, 1.165) is 73.2 Å². The van der Waals surface area contributed by atoms with Crippen LogP contribution in [0.1, 0.15) is 78.6 Å². The van der Waals surface area contributed by atoms with Gasteiger partial charge in [-0.2, -0.15) is 0 Å². The van der Waals surface area contributed by atoms with Crippen molar-refractivity contribution in [1.29, 1.82) is 0 Å². The van der Waals surface area contributed by atoms with Gasteiger partial charge in [-0.15, -0.1) is 0 Å². The average Bonchev–Trinajstić information content (AvgIpc) is 3.09. The van der Waals surface area contributed by atoms with E-state index in [1.54, 1.807) is 0 Å². The second-order valence-electron chi connectivity index (χ2n) is 13.0. The first-order valence-corrected chi connectivity index (χ1v) is 13.3. The van der Waals surface area contributed by atoms with Crippen LogP contribution < -0.4 is 0 Å². The van der Waals surface area contributed by atoms with Crippen LogP contribution in [0.5, 0.6) is 0 Å². The number of aliphatic hydroxyl groups is 1. The number of nitrogens with zero attached hydrogens (tertiary/aromatic N) is 1. The second-order valence-corrected chi connectivity index (χ2v) is 13.0. The molecule has 0 bridgehead atoms. The Morgan fingerprint density at radius 2 is 1.70 bits per heavy atom. The van der Waals surface area contributed by atoms with E-state index in [-0.39, 0.29) is 17.4 Å². The average molecular weight is 414 g/mol. The molecule has 168 valence electrons. The van der Waals surface area contributed by atoms with Gasteiger partial charge in [0.25, 0.3) is 0 Å². The van der Waals surface area contributed by atoms with Crippen molar-refractivity contribution in [3.05, 3.63) is 0 Å². The Morgan fingerprint density at radius 3 is 2.53 bits per heavy atom. The standard InChI is InChI=1S/C27H43NO2/c1-15-4-7-25-16(2)18-5-6-19-20(22(18)14-28(25)13-15)11-23-21(19)12-26(30)24-10-17(29)8-9-27(23,24)3/h15-25,29H,4-14H2,1-3H3/t15-,16-,17+,18-,19-,20-,21+,22+,23+,24-,25-,27-/m1/s1. The lowest BCUT2D eigenvalue weighted by Crippen LogP contribution is -2.58. The van der Waals surface area contributed by atoms with Crippen LogP contribution >= 0.6 is 0 Å². The number of piperidine rings is 2. The zero-order valence-corrected chi connectivity index (χ0v) is 19.4. The first-order chi connectivity index (χ1) is 14.4. The van der Waals surface area contributed by atoms with E-state index in [1.165, 1.54) is 45.2 Å². The van der Waals surface area contributed by atoms with E-state index < -0.39 is 0 Å². The predicted molar refractivity (Wildman–Crippen MR) is 119 cm³/mol. The molecule has 0 spiro atoms. The van der Waals surface area contributed by atoms with Crippen molar-refractivity contribution in [3.8, 4) is 0 Å². The van der Waals surface area contributed by atoms with Crippen molar-refractivity contribution in [3.63, 3.8) is 0 Å². The summed E-state index contributed by atoms with van der Waals surface area (Å²) in [6.07, 6.45) is 10.3. The van der Waals surface area contributed by atoms with Crippen LogP contribution in [0.3, 0.4) is 0 Å². The number of carbonyl (C=O) groups excluding carboxylic acids is 1. The first-order valence-electron chi connectivity index (χ1n) is 13.3. The van der Waals surface area contributed by atoms with Crippen LogP contribution in [0.4, 0.5) is 0 Å². The van der Waals surface area contributed by atoms with Crippen molar-refractivity contribution < 1.29 is 9.90 Å². The SMILES string of the molecule is C[C@@H]1CC[C@@H]2[C@H](C)[C@H]3CC[C@@H]4[C@@H](C[C@H]5[C@H]4CC(=O)[C@H]4C[C@@H](O)CC[C@@]45C)[C@H]3CN2C1. The fraction of sp³-hybridized carbons (Fsp3) is 0.963. The number of rotatable bonds is 0. The number of fused-ring (bicyclic) bond motifs is 8. The smallest absolute Gasteiger partial charge is 0.136 e. The molecule has 2 heterocycles. The van der Waals surface area contributed by atoms with E-state index in [4.69, 9.17) is 0 Å². The summed E-state index contributed by atoms with van der Waals surface area (Å²) in [5, 5.41) is 10.3. The number of ketones is 1. The lowest BCUT2D eigenvalue weighted by Gasteiger charge is -2.56. The normalized spacial score (nSPS) is 58.3. The summed E-state index contributed by atoms with van der Waals surface area (Å²) in [5.41, 5.74) is 0.161. The molecule has 2 aliphatic heterocycles. The van der Waals surface area contributed by atoms with Gasteiger partial charge in [-0.3, -0.25) is 9.69 Å². The number of aliphatic hydroxyl groups excluding tert-OH is 1. The summed E-state index contributed by atoms with van der Waals surface area (Å²) < 4.78 is 0. The third-order valence-electron chi connectivity index (χ3n) is 11.8. The summed E-state index contributed by atoms with van der Waals surface area (Å²) in [7, 11) is 0. The van der Waals surface area contributed by atoms with Gasteiger partial charge in [0.2, 0.25) is 0 Å². The molecule has 0 aromatic rings. The van der Waals surface area contributed by atoms with E-state index in [0.29, 0.717) is 11.7 Å². The maximum Gasteiger partial charge on any atom is 0.136 e. The summed E-state index contributed by atoms with van der Waals surface area (Å²) in [6, 6.07) is 0.839. The van der Waals surface area contributed by atoms with Gasteiger partial charge < -0.3 is 5.11 Å². The lowest BCUT2D eigenvalue weighted by molar-refractivity contribution is -0.145. The highest BCUT2D eigenvalue weighted by Gasteiger charge is 2.62. The van der Waals surface area contributed by atoms with Crippen LogP contribution in [-0.2, 0) is 4.79 Å². The molecule has 4 saturated carbocycles. The molecule has 6 aliphatic rings. The zero-order valence-electron chi connectivity index (χ0n) is 19.4. The second kappa shape index (κ2) is 7.04. The van der Waals surface area contributed by atoms with Gasteiger partial charge in [0.15, 0.2) is 0 Å². The Balaban J connectivity index is 1.28. The summed E-state index contributed by atoms with van der Waals surface area (Å²) in [4.78, 5) is 16.1. The highest BCUT2D eigenvalue weighted by Crippen LogP contribution is 2.66. The summed E-state index contributed by atoms with van der Waals surface area (Å²) >= 11 is 0. The van der Waals surface area contributed by atoms with Crippen LogP contribution in [0, 0.1) is 58.7 Å². The van der Waals surface area contributed by atoms with E-state index in [1.807, 2.05) is 0 Å². The van der Waals surface area contributed by atoms with Gasteiger partial charge in [0, 0.05) is 31.5 Å². The highest BCUT2D eigenvalue weighted by molar-refractivity contribution is 5.83. The summed E-state index contributed by atoms with van der Waals surface area (Å²) in [6.45, 7) is 10.1. The molecule has 2 saturated heterocycles. The number of Topliss-reactive ketones (excluding diaryl/α,β-unsaturated/α-hetero) is 1. The Hall–Kier alpha value is -0.410. The van der Waals surface area contributed by atoms with Gasteiger partial charge in [-0.25, -0.2) is 0 Å². The van der Waals surface area contributed by atoms with Crippen LogP contribution in [-0.4, -0.2) is 41.0 Å². The summed E-state index contributed by atoms with van der Waals surface area (Å²) in [5.74, 6) is 7.19. The molecule has 4 aliphatic carbocycles. The quantitative estimate of drug-likeness (QED) is 0.622. The molecule has 0 unspecified atom stereocenters. The Labute approximate surface area is 183 Å². The fourth-order valence-electron chi connectivity index (χ4n) is 10.3. The molecular formula is C27H43NO2. The van der Waals surface area contributed by atoms with Crippen LogP contribution in [0.15, 0.2) is 0 Å². The van der Waals surface area contributed by atoms with Gasteiger partial charge in [-0.1, -0.05) is 20.8 Å². The Bertz CT molecular complexity index is 705. The third-order valence-corrected chi connectivity index (χ3v) is 11.8. The molecule has 6 rings (SSSR count). The van der Waals surface area contributed by atoms with Crippen LogP contribution in [0.25, 0.3) is 0 Å². The molecule has 1 N–H and O–H groups in total. The maximum absolute atomic E-state index is 13.2. The zero-order chi connectivity index (χ0) is 20.8. The third kappa shape index (κ3) is 2.79. The molecular weight excluding hydrogens is 370 g/mol. The fourth-order valence-corrected chi connectivity index (χ4v) is 10.3. The van der Waals surface area contributed by atoms with Crippen molar-refractivity contribution in [2.75, 3.05) is 13.1 Å². The van der Waals surface area contributed by atoms with Gasteiger partial charge in [-0.05, 0) is 104 Å². The van der Waals surface area contributed by atoms with E-state index >= 15 is 0 Å². The topological polar surface area (TPSA) is 40.5 Å². The lowest BCUT2D eigenvalue weighted by atomic mass is 9.51. The van der Waals surface area contributed by atoms with Gasteiger partial charge in [0.05, 0.1) is 6.10 Å². The van der Waals surface area contributed by atoms with Crippen molar-refractivity contribution in [2.24, 2.45) is 58.7 Å². The first kappa shape index (κ1) is 20.2. The molecule has 30 heavy (non-hydrogen) atoms. The number of hydrogen-bond acceptors (Lipinski definition) is 3. The molecule has 0 aromatic heterocycles. The van der Waals surface area contributed by atoms with E-state index in [9.17, 15) is 9.90 Å². The number of carbonyl (C=O) groups is 1. The van der Waals surface area contributed by atoms with Gasteiger partial charge in [0.1, 0.15) is 5.78 Å². The minimum atomic E-state index is -0.242. The van der Waals surface area contributed by atoms with Crippen molar-refractivity contribution in [2.45, 2.75) is 90.7 Å². The predicted octanol–water partition coefficient (Wildman–Crippen LogP) is 4.77. The number of hydrogen-bond donors (Lipinski definition) is 1. The molecule has 6 fully saturated rings. The Morgan fingerprint density at radius 1 is 0.900 bits per heavy atom. The monoisotopic (exact) mass is 413 g/mol. The molecule has 3 heteroatoms. The maximum atomic E-state index is 13.2. The van der Waals surface area contributed by atoms with E-state index in [2.05, 4.69) is 25.7 Å². The van der Waals surface area contributed by atoms with Crippen LogP contribution in [0.2, 0.25) is 0 Å². The van der Waals surface area contributed by atoms with Gasteiger partial charge >= 0.3 is 0 Å². The van der Waals surface area contributed by atoms with Crippen molar-refractivity contribution >= 4 is 5.78 Å². The molecule has 0 aromatic carbocycles. The van der Waals surface area contributed by atoms with Crippen molar-refractivity contribution in [1.82, 2.24) is 4.90 Å². The Kier molecular flexibility index (Phi) is 4.75. The molecule has 12 atom stereocenters. The molecule has 3 nitrogen and oxygen atoms in total. The largest absolute Gasteiger partial charge is 0.393 e. The molecule has 0 amide bonds. The minimum Gasteiger partial charge on any atom is -0.393 e. The molecule has 0 radical (unpaired) electrons. The minimum absolute atomic E-state index is 0.135. The highest BCUT2D eigenvalue weighted by atomic mass is 16.3.